The van der Waals surface area contributed by atoms with Gasteiger partial charge in [0, 0.05) is 22.0 Å². The number of nitrogens with zero attached hydrogens (tertiary/aromatic N) is 1. The van der Waals surface area contributed by atoms with Crippen LogP contribution in [0, 0.1) is 12.3 Å². The number of benzene rings is 1. The van der Waals surface area contributed by atoms with E-state index in [2.05, 4.69) is 15.6 Å². The summed E-state index contributed by atoms with van der Waals surface area (Å²) in [5, 5.41) is 8.41. The summed E-state index contributed by atoms with van der Waals surface area (Å²) >= 11 is 1.60. The molecule has 122 valence electrons. The molecule has 2 amide bonds. The normalized spacial score (nSPS) is 11.1. The Morgan fingerprint density at radius 1 is 1.17 bits per heavy atom. The van der Waals surface area contributed by atoms with Gasteiger partial charge in [-0.3, -0.25) is 9.59 Å². The van der Waals surface area contributed by atoms with Gasteiger partial charge in [-0.05, 0) is 19.1 Å². The van der Waals surface area contributed by atoms with Crippen molar-refractivity contribution >= 4 is 28.8 Å². The minimum atomic E-state index is -0.506. The number of amides is 2. The van der Waals surface area contributed by atoms with Crippen LogP contribution in [0.5, 0.6) is 0 Å². The number of carbonyl (C=O) groups is 2. The first-order chi connectivity index (χ1) is 10.8. The summed E-state index contributed by atoms with van der Waals surface area (Å²) in [6.07, 6.45) is 0. The largest absolute Gasteiger partial charge is 0.347 e. The predicted octanol–water partition coefficient (Wildman–Crippen LogP) is 3.22. The molecular weight excluding hydrogens is 310 g/mol. The maximum absolute atomic E-state index is 11.9. The highest BCUT2D eigenvalue weighted by Crippen LogP contribution is 2.23. The molecule has 6 heteroatoms. The van der Waals surface area contributed by atoms with E-state index in [1.807, 2.05) is 36.6 Å². The van der Waals surface area contributed by atoms with Gasteiger partial charge in [-0.2, -0.15) is 0 Å². The Kier molecular flexibility index (Phi) is 5.15. The van der Waals surface area contributed by atoms with Crippen molar-refractivity contribution in [2.75, 3.05) is 11.9 Å². The van der Waals surface area contributed by atoms with Gasteiger partial charge in [0.05, 0.1) is 17.2 Å². The molecule has 0 aliphatic carbocycles. The van der Waals surface area contributed by atoms with Crippen molar-refractivity contribution < 1.29 is 9.59 Å². The van der Waals surface area contributed by atoms with Crippen molar-refractivity contribution in [3.05, 3.63) is 34.7 Å². The summed E-state index contributed by atoms with van der Waals surface area (Å²) in [6, 6.07) is 7.48. The number of anilines is 1. The number of thiazole rings is 1. The monoisotopic (exact) mass is 331 g/mol. The lowest BCUT2D eigenvalue weighted by molar-refractivity contribution is -0.130. The van der Waals surface area contributed by atoms with Crippen molar-refractivity contribution in [3.63, 3.8) is 0 Å². The number of carbonyl (C=O) groups excluding carboxylic acids is 2. The van der Waals surface area contributed by atoms with E-state index >= 15 is 0 Å². The van der Waals surface area contributed by atoms with E-state index in [4.69, 9.17) is 0 Å². The molecule has 1 aromatic heterocycles. The van der Waals surface area contributed by atoms with Gasteiger partial charge < -0.3 is 10.6 Å². The van der Waals surface area contributed by atoms with Crippen molar-refractivity contribution in [3.8, 4) is 11.3 Å². The Bertz CT molecular complexity index is 699. The zero-order chi connectivity index (χ0) is 17.0. The fourth-order valence-electron chi connectivity index (χ4n) is 1.85. The summed E-state index contributed by atoms with van der Waals surface area (Å²) in [6.45, 7) is 7.34. The molecule has 0 saturated heterocycles. The molecule has 23 heavy (non-hydrogen) atoms. The predicted molar refractivity (Wildman–Crippen MR) is 93.4 cm³/mol. The Hall–Kier alpha value is -2.21. The Labute approximate surface area is 140 Å². The standard InChI is InChI=1S/C17H21N3O2S/c1-11-19-14(10-23-11)12-5-7-13(8-6-12)20-15(21)9-18-16(22)17(2,3)4/h5-8,10H,9H2,1-4H3,(H,18,22)(H,20,21). The van der Waals surface area contributed by atoms with Gasteiger partial charge >= 0.3 is 0 Å². The Morgan fingerprint density at radius 2 is 1.83 bits per heavy atom. The van der Waals surface area contributed by atoms with Crippen LogP contribution in [-0.2, 0) is 9.59 Å². The fraction of sp³-hybridized carbons (Fsp3) is 0.353. The number of rotatable bonds is 4. The summed E-state index contributed by atoms with van der Waals surface area (Å²) in [7, 11) is 0. The van der Waals surface area contributed by atoms with Crippen LogP contribution in [0.3, 0.4) is 0 Å². The molecule has 0 fully saturated rings. The molecule has 0 spiro atoms. The number of hydrogen-bond donors (Lipinski definition) is 2. The zero-order valence-electron chi connectivity index (χ0n) is 13.8. The van der Waals surface area contributed by atoms with Crippen LogP contribution in [0.2, 0.25) is 0 Å². The minimum Gasteiger partial charge on any atom is -0.347 e. The number of nitrogens with one attached hydrogen (secondary N) is 2. The number of aryl methyl sites for hydroxylation is 1. The quantitative estimate of drug-likeness (QED) is 0.903. The first-order valence-electron chi connectivity index (χ1n) is 7.36. The number of hydrogen-bond acceptors (Lipinski definition) is 4. The fourth-order valence-corrected chi connectivity index (χ4v) is 2.47. The lowest BCUT2D eigenvalue weighted by atomic mass is 9.96. The van der Waals surface area contributed by atoms with Gasteiger partial charge in [0.1, 0.15) is 0 Å². The topological polar surface area (TPSA) is 71.1 Å². The highest BCUT2D eigenvalue weighted by molar-refractivity contribution is 7.09. The van der Waals surface area contributed by atoms with E-state index in [1.54, 1.807) is 32.1 Å². The van der Waals surface area contributed by atoms with E-state index in [1.165, 1.54) is 0 Å². The number of aromatic nitrogens is 1. The molecule has 0 radical (unpaired) electrons. The van der Waals surface area contributed by atoms with E-state index in [0.717, 1.165) is 16.3 Å². The summed E-state index contributed by atoms with van der Waals surface area (Å²) in [5.41, 5.74) is 2.13. The van der Waals surface area contributed by atoms with Crippen LogP contribution in [0.25, 0.3) is 11.3 Å². The average Bonchev–Trinajstić information content (AvgIpc) is 2.91. The van der Waals surface area contributed by atoms with Gasteiger partial charge in [0.25, 0.3) is 0 Å². The molecule has 0 saturated carbocycles. The van der Waals surface area contributed by atoms with Crippen molar-refractivity contribution in [2.45, 2.75) is 27.7 Å². The first kappa shape index (κ1) is 17.1. The maximum atomic E-state index is 11.9. The Balaban J connectivity index is 1.91. The molecule has 5 nitrogen and oxygen atoms in total. The average molecular weight is 331 g/mol. The SMILES string of the molecule is Cc1nc(-c2ccc(NC(=O)CNC(=O)C(C)(C)C)cc2)cs1. The van der Waals surface area contributed by atoms with Gasteiger partial charge in [-0.15, -0.1) is 11.3 Å². The molecule has 2 N–H and O–H groups in total. The van der Waals surface area contributed by atoms with Crippen LogP contribution >= 0.6 is 11.3 Å². The van der Waals surface area contributed by atoms with Crippen LogP contribution in [0.4, 0.5) is 5.69 Å². The van der Waals surface area contributed by atoms with Crippen molar-refractivity contribution in [1.29, 1.82) is 0 Å². The second kappa shape index (κ2) is 6.91. The third kappa shape index (κ3) is 4.89. The highest BCUT2D eigenvalue weighted by atomic mass is 32.1. The van der Waals surface area contributed by atoms with Crippen LogP contribution < -0.4 is 10.6 Å². The molecule has 0 aliphatic rings. The minimum absolute atomic E-state index is 0.0386. The molecule has 2 aromatic rings. The molecule has 0 unspecified atom stereocenters. The molecule has 0 bridgehead atoms. The second-order valence-corrected chi connectivity index (χ2v) is 7.37. The van der Waals surface area contributed by atoms with E-state index in [9.17, 15) is 9.59 Å². The van der Waals surface area contributed by atoms with Crippen LogP contribution in [0.1, 0.15) is 25.8 Å². The van der Waals surface area contributed by atoms with Crippen LogP contribution in [-0.4, -0.2) is 23.3 Å². The van der Waals surface area contributed by atoms with Gasteiger partial charge in [0.15, 0.2) is 0 Å². The van der Waals surface area contributed by atoms with Gasteiger partial charge in [-0.1, -0.05) is 32.9 Å². The zero-order valence-corrected chi connectivity index (χ0v) is 14.6. The maximum Gasteiger partial charge on any atom is 0.243 e. The molecule has 2 rings (SSSR count). The molecular formula is C17H21N3O2S. The Morgan fingerprint density at radius 3 is 2.35 bits per heavy atom. The molecule has 0 atom stereocenters. The summed E-state index contributed by atoms with van der Waals surface area (Å²) in [4.78, 5) is 28.0. The van der Waals surface area contributed by atoms with Crippen molar-refractivity contribution in [2.24, 2.45) is 5.41 Å². The molecule has 0 aliphatic heterocycles. The van der Waals surface area contributed by atoms with Gasteiger partial charge in [-0.25, -0.2) is 4.98 Å². The third-order valence-corrected chi connectivity index (χ3v) is 3.95. The lowest BCUT2D eigenvalue weighted by Crippen LogP contribution is -2.39. The molecule has 1 aromatic carbocycles. The van der Waals surface area contributed by atoms with Crippen molar-refractivity contribution in [1.82, 2.24) is 10.3 Å². The summed E-state index contributed by atoms with van der Waals surface area (Å²) < 4.78 is 0. The molecule has 1 heterocycles. The van der Waals surface area contributed by atoms with E-state index < -0.39 is 5.41 Å². The first-order valence-corrected chi connectivity index (χ1v) is 8.24. The smallest absolute Gasteiger partial charge is 0.243 e. The lowest BCUT2D eigenvalue weighted by Gasteiger charge is -2.17. The van der Waals surface area contributed by atoms with Crippen LogP contribution in [0.15, 0.2) is 29.6 Å². The van der Waals surface area contributed by atoms with Gasteiger partial charge in [0.2, 0.25) is 11.8 Å². The second-order valence-electron chi connectivity index (χ2n) is 6.31. The summed E-state index contributed by atoms with van der Waals surface area (Å²) in [5.74, 6) is -0.401. The van der Waals surface area contributed by atoms with E-state index in [-0.39, 0.29) is 18.4 Å². The third-order valence-electron chi connectivity index (χ3n) is 3.17. The highest BCUT2D eigenvalue weighted by Gasteiger charge is 2.21. The van der Waals surface area contributed by atoms with E-state index in [0.29, 0.717) is 5.69 Å².